The molecule has 0 amide bonds. The molecule has 0 unspecified atom stereocenters. The van der Waals surface area contributed by atoms with Crippen molar-refractivity contribution in [3.63, 3.8) is 0 Å². The maximum absolute atomic E-state index is 8.72. The molecule has 0 fully saturated rings. The summed E-state index contributed by atoms with van der Waals surface area (Å²) >= 11 is 0. The third-order valence-electron chi connectivity index (χ3n) is 2.83. The lowest BCUT2D eigenvalue weighted by Gasteiger charge is -2.03. The standard InChI is InChI=1S/C14H16N4/c1-10(2)18-9-14(11(3)17-18)13-6-12(4-5-15)7-16-8-13/h6-10H,4H2,1-3H3. The molecule has 2 rings (SSSR count). The highest BCUT2D eigenvalue weighted by molar-refractivity contribution is 5.64. The third kappa shape index (κ3) is 2.40. The average Bonchev–Trinajstić information content (AvgIpc) is 2.72. The number of nitriles is 1. The Hall–Kier alpha value is -2.15. The molecule has 0 aliphatic heterocycles. The highest BCUT2D eigenvalue weighted by atomic mass is 15.3. The topological polar surface area (TPSA) is 54.5 Å². The van der Waals surface area contributed by atoms with Crippen LogP contribution in [-0.2, 0) is 6.42 Å². The normalized spacial score (nSPS) is 10.6. The fraction of sp³-hybridized carbons (Fsp3) is 0.357. The summed E-state index contributed by atoms with van der Waals surface area (Å²) in [6.07, 6.45) is 5.97. The zero-order valence-corrected chi connectivity index (χ0v) is 10.9. The molecule has 0 aliphatic carbocycles. The second kappa shape index (κ2) is 5.01. The Labute approximate surface area is 107 Å². The third-order valence-corrected chi connectivity index (χ3v) is 2.83. The van der Waals surface area contributed by atoms with E-state index in [0.29, 0.717) is 12.5 Å². The predicted molar refractivity (Wildman–Crippen MR) is 69.9 cm³/mol. The van der Waals surface area contributed by atoms with Gasteiger partial charge in [-0.15, -0.1) is 0 Å². The number of nitrogens with zero attached hydrogens (tertiary/aromatic N) is 4. The predicted octanol–water partition coefficient (Wildman–Crippen LogP) is 2.90. The van der Waals surface area contributed by atoms with Gasteiger partial charge in [0.15, 0.2) is 0 Å². The van der Waals surface area contributed by atoms with Gasteiger partial charge in [0.2, 0.25) is 0 Å². The summed E-state index contributed by atoms with van der Waals surface area (Å²) in [7, 11) is 0. The van der Waals surface area contributed by atoms with Gasteiger partial charge in [-0.05, 0) is 32.4 Å². The largest absolute Gasteiger partial charge is 0.269 e. The van der Waals surface area contributed by atoms with Crippen molar-refractivity contribution in [2.45, 2.75) is 33.2 Å². The second-order valence-electron chi connectivity index (χ2n) is 4.62. The Kier molecular flexibility index (Phi) is 3.42. The molecular weight excluding hydrogens is 224 g/mol. The first kappa shape index (κ1) is 12.3. The molecule has 4 nitrogen and oxygen atoms in total. The van der Waals surface area contributed by atoms with E-state index in [2.05, 4.69) is 30.0 Å². The minimum atomic E-state index is 0.340. The molecular formula is C14H16N4. The van der Waals surface area contributed by atoms with Crippen LogP contribution in [-0.4, -0.2) is 14.8 Å². The van der Waals surface area contributed by atoms with Gasteiger partial charge in [-0.1, -0.05) is 0 Å². The van der Waals surface area contributed by atoms with Gasteiger partial charge >= 0.3 is 0 Å². The van der Waals surface area contributed by atoms with Crippen LogP contribution in [0.4, 0.5) is 0 Å². The van der Waals surface area contributed by atoms with Crippen molar-refractivity contribution in [3.8, 4) is 17.2 Å². The number of hydrogen-bond acceptors (Lipinski definition) is 3. The SMILES string of the molecule is Cc1nn(C(C)C)cc1-c1cncc(CC#N)c1. The van der Waals surface area contributed by atoms with Gasteiger partial charge in [-0.2, -0.15) is 10.4 Å². The fourth-order valence-electron chi connectivity index (χ4n) is 1.85. The summed E-state index contributed by atoms with van der Waals surface area (Å²) in [4.78, 5) is 4.19. The molecule has 0 atom stereocenters. The summed E-state index contributed by atoms with van der Waals surface area (Å²) in [5.74, 6) is 0. The van der Waals surface area contributed by atoms with Crippen LogP contribution in [0.25, 0.3) is 11.1 Å². The van der Waals surface area contributed by atoms with E-state index in [0.717, 1.165) is 22.4 Å². The van der Waals surface area contributed by atoms with Gasteiger partial charge in [0.05, 0.1) is 18.2 Å². The van der Waals surface area contributed by atoms with E-state index in [1.807, 2.05) is 30.1 Å². The number of rotatable bonds is 3. The number of hydrogen-bond donors (Lipinski definition) is 0. The molecule has 92 valence electrons. The summed E-state index contributed by atoms with van der Waals surface area (Å²) < 4.78 is 1.95. The van der Waals surface area contributed by atoms with Crippen molar-refractivity contribution in [1.82, 2.24) is 14.8 Å². The smallest absolute Gasteiger partial charge is 0.0672 e. The number of aryl methyl sites for hydroxylation is 1. The zero-order chi connectivity index (χ0) is 13.1. The molecule has 0 aliphatic rings. The Morgan fingerprint density at radius 3 is 2.78 bits per heavy atom. The molecule has 0 spiro atoms. The minimum absolute atomic E-state index is 0.340. The van der Waals surface area contributed by atoms with E-state index < -0.39 is 0 Å². The molecule has 4 heteroatoms. The van der Waals surface area contributed by atoms with Crippen LogP contribution in [0.2, 0.25) is 0 Å². The molecule has 2 heterocycles. The highest BCUT2D eigenvalue weighted by Crippen LogP contribution is 2.24. The quantitative estimate of drug-likeness (QED) is 0.828. The fourth-order valence-corrected chi connectivity index (χ4v) is 1.85. The van der Waals surface area contributed by atoms with E-state index >= 15 is 0 Å². The van der Waals surface area contributed by atoms with Crippen LogP contribution in [0.15, 0.2) is 24.7 Å². The zero-order valence-electron chi connectivity index (χ0n) is 10.9. The van der Waals surface area contributed by atoms with Crippen LogP contribution in [0.3, 0.4) is 0 Å². The van der Waals surface area contributed by atoms with Crippen molar-refractivity contribution >= 4 is 0 Å². The summed E-state index contributed by atoms with van der Waals surface area (Å²) in [5.41, 5.74) is 4.02. The molecule has 0 radical (unpaired) electrons. The Bertz CT molecular complexity index is 590. The van der Waals surface area contributed by atoms with Crippen molar-refractivity contribution in [1.29, 1.82) is 5.26 Å². The van der Waals surface area contributed by atoms with E-state index in [1.54, 1.807) is 6.20 Å². The van der Waals surface area contributed by atoms with Crippen molar-refractivity contribution < 1.29 is 0 Å². The van der Waals surface area contributed by atoms with Crippen LogP contribution in [0, 0.1) is 18.3 Å². The summed E-state index contributed by atoms with van der Waals surface area (Å²) in [6, 6.07) is 4.49. The maximum Gasteiger partial charge on any atom is 0.0672 e. The van der Waals surface area contributed by atoms with Crippen LogP contribution in [0.1, 0.15) is 31.1 Å². The number of aromatic nitrogens is 3. The summed E-state index contributed by atoms with van der Waals surface area (Å²) in [5, 5.41) is 13.2. The molecule has 18 heavy (non-hydrogen) atoms. The molecule has 2 aromatic heterocycles. The van der Waals surface area contributed by atoms with E-state index in [4.69, 9.17) is 5.26 Å². The lowest BCUT2D eigenvalue weighted by atomic mass is 10.1. The maximum atomic E-state index is 8.72. The molecule has 0 N–H and O–H groups in total. The van der Waals surface area contributed by atoms with Gasteiger partial charge in [-0.25, -0.2) is 0 Å². The van der Waals surface area contributed by atoms with Crippen LogP contribution < -0.4 is 0 Å². The van der Waals surface area contributed by atoms with E-state index in [1.165, 1.54) is 0 Å². The Morgan fingerprint density at radius 1 is 1.39 bits per heavy atom. The molecule has 0 saturated carbocycles. The van der Waals surface area contributed by atoms with Gasteiger partial charge < -0.3 is 0 Å². The number of pyridine rings is 1. The molecule has 0 aromatic carbocycles. The first-order valence-electron chi connectivity index (χ1n) is 5.99. The van der Waals surface area contributed by atoms with Gasteiger partial charge in [0.1, 0.15) is 0 Å². The van der Waals surface area contributed by atoms with Gasteiger partial charge in [0, 0.05) is 35.8 Å². The average molecular weight is 240 g/mol. The van der Waals surface area contributed by atoms with Gasteiger partial charge in [0.25, 0.3) is 0 Å². The Morgan fingerprint density at radius 2 is 2.17 bits per heavy atom. The highest BCUT2D eigenvalue weighted by Gasteiger charge is 2.09. The lowest BCUT2D eigenvalue weighted by Crippen LogP contribution is -2.00. The second-order valence-corrected chi connectivity index (χ2v) is 4.62. The van der Waals surface area contributed by atoms with Crippen molar-refractivity contribution in [3.05, 3.63) is 35.9 Å². The molecule has 0 bridgehead atoms. The van der Waals surface area contributed by atoms with Gasteiger partial charge in [-0.3, -0.25) is 9.67 Å². The van der Waals surface area contributed by atoms with Crippen LogP contribution >= 0.6 is 0 Å². The molecule has 2 aromatic rings. The summed E-state index contributed by atoms with van der Waals surface area (Å²) in [6.45, 7) is 6.19. The minimum Gasteiger partial charge on any atom is -0.269 e. The lowest BCUT2D eigenvalue weighted by molar-refractivity contribution is 0.529. The Balaban J connectivity index is 2.42. The van der Waals surface area contributed by atoms with Crippen molar-refractivity contribution in [2.24, 2.45) is 0 Å². The molecule has 0 saturated heterocycles. The van der Waals surface area contributed by atoms with Crippen molar-refractivity contribution in [2.75, 3.05) is 0 Å². The van der Waals surface area contributed by atoms with E-state index in [-0.39, 0.29) is 0 Å². The first-order valence-corrected chi connectivity index (χ1v) is 5.99. The monoisotopic (exact) mass is 240 g/mol. The van der Waals surface area contributed by atoms with E-state index in [9.17, 15) is 0 Å². The van der Waals surface area contributed by atoms with Crippen LogP contribution in [0.5, 0.6) is 0 Å². The first-order chi connectivity index (χ1) is 8.61.